The summed E-state index contributed by atoms with van der Waals surface area (Å²) in [6, 6.07) is 4.57. The Morgan fingerprint density at radius 1 is 1.23 bits per heavy atom. The maximum Gasteiger partial charge on any atom is 0.416 e. The van der Waals surface area contributed by atoms with Crippen LogP contribution in [0.15, 0.2) is 24.3 Å². The monoisotopic (exact) mass is 451 g/mol. The van der Waals surface area contributed by atoms with Crippen LogP contribution >= 0.6 is 0 Å². The third-order valence-electron chi connectivity index (χ3n) is 5.62. The zero-order valence-corrected chi connectivity index (χ0v) is 17.0. The molecule has 0 radical (unpaired) electrons. The molecule has 0 atom stereocenters. The number of hydrogen-bond acceptors (Lipinski definition) is 5. The van der Waals surface area contributed by atoms with Gasteiger partial charge in [-0.2, -0.15) is 13.2 Å². The average Bonchev–Trinajstić information content (AvgIpc) is 2.68. The number of carboxylic acids is 1. The Kier molecular flexibility index (Phi) is 6.63. The first kappa shape index (κ1) is 22.8. The van der Waals surface area contributed by atoms with Crippen LogP contribution in [0.1, 0.15) is 31.2 Å². The number of aliphatic carboxylic acids is 1. The maximum atomic E-state index is 12.8. The maximum absolute atomic E-state index is 12.8. The number of rotatable bonds is 6. The van der Waals surface area contributed by atoms with E-state index in [2.05, 4.69) is 0 Å². The van der Waals surface area contributed by atoms with Crippen LogP contribution in [0.4, 0.5) is 13.2 Å². The molecule has 0 unspecified atom stereocenters. The Balaban J connectivity index is 1.60. The summed E-state index contributed by atoms with van der Waals surface area (Å²) in [6.07, 6.45) is -4.01. The van der Waals surface area contributed by atoms with Gasteiger partial charge in [0.05, 0.1) is 16.7 Å². The minimum absolute atomic E-state index is 0.0816. The molecule has 2 fully saturated rings. The van der Waals surface area contributed by atoms with Gasteiger partial charge < -0.3 is 14.6 Å². The fourth-order valence-corrected chi connectivity index (χ4v) is 5.85. The molecule has 2 aliphatic heterocycles. The molecule has 0 saturated carbocycles. The van der Waals surface area contributed by atoms with Crippen molar-refractivity contribution in [2.45, 2.75) is 38.0 Å². The van der Waals surface area contributed by atoms with Crippen LogP contribution < -0.4 is 4.74 Å². The molecule has 0 bridgehead atoms. The van der Waals surface area contributed by atoms with Crippen molar-refractivity contribution in [2.75, 3.05) is 32.1 Å². The number of halogens is 3. The Labute approximate surface area is 172 Å². The second-order valence-corrected chi connectivity index (χ2v) is 9.66. The number of hydrogen-bond donors (Lipinski definition) is 1. The smallest absolute Gasteiger partial charge is 0.416 e. The van der Waals surface area contributed by atoms with Gasteiger partial charge in [0.1, 0.15) is 11.9 Å². The van der Waals surface area contributed by atoms with E-state index in [1.165, 1.54) is 16.4 Å². The van der Waals surface area contributed by atoms with Crippen LogP contribution in [-0.4, -0.2) is 62.0 Å². The third-order valence-corrected chi connectivity index (χ3v) is 7.69. The molecule has 2 heterocycles. The van der Waals surface area contributed by atoms with Crippen molar-refractivity contribution in [2.24, 2.45) is 5.41 Å². The molecule has 3 rings (SSSR count). The van der Waals surface area contributed by atoms with Crippen LogP contribution in [0.3, 0.4) is 0 Å². The highest BCUT2D eigenvalue weighted by Crippen LogP contribution is 2.35. The molecule has 0 amide bonds. The second-order valence-electron chi connectivity index (χ2n) is 7.70. The van der Waals surface area contributed by atoms with E-state index in [9.17, 15) is 31.5 Å². The molecule has 0 aliphatic carbocycles. The summed E-state index contributed by atoms with van der Waals surface area (Å²) in [5.41, 5.74) is -2.17. The van der Waals surface area contributed by atoms with Gasteiger partial charge in [0, 0.05) is 26.3 Å². The first-order valence-electron chi connectivity index (χ1n) is 9.65. The fraction of sp³-hybridized carbons (Fsp3) is 0.632. The van der Waals surface area contributed by atoms with Gasteiger partial charge in [0.2, 0.25) is 10.0 Å². The standard InChI is InChI=1S/C19H24F3NO6S/c20-19(21,22)14-2-1-3-16(12-14)29-15-4-8-23(9-5-15)30(26,27)13-18(17(24)25)6-10-28-11-7-18/h1-3,12,15H,4-11,13H2,(H,24,25). The van der Waals surface area contributed by atoms with E-state index >= 15 is 0 Å². The topological polar surface area (TPSA) is 93.1 Å². The minimum Gasteiger partial charge on any atom is -0.490 e. The van der Waals surface area contributed by atoms with Gasteiger partial charge in [0.25, 0.3) is 0 Å². The predicted octanol–water partition coefficient (Wildman–Crippen LogP) is 2.76. The van der Waals surface area contributed by atoms with Crippen LogP contribution in [0, 0.1) is 5.41 Å². The zero-order valence-electron chi connectivity index (χ0n) is 16.2. The molecule has 1 aromatic carbocycles. The Morgan fingerprint density at radius 2 is 1.87 bits per heavy atom. The van der Waals surface area contributed by atoms with Gasteiger partial charge in [-0.1, -0.05) is 6.07 Å². The van der Waals surface area contributed by atoms with Crippen molar-refractivity contribution >= 4 is 16.0 Å². The molecule has 11 heteroatoms. The Morgan fingerprint density at radius 3 is 2.43 bits per heavy atom. The molecule has 1 aromatic rings. The second kappa shape index (κ2) is 8.72. The summed E-state index contributed by atoms with van der Waals surface area (Å²) in [7, 11) is -3.82. The van der Waals surface area contributed by atoms with E-state index in [1.807, 2.05) is 0 Å². The molecular formula is C19H24F3NO6S. The zero-order chi connectivity index (χ0) is 22.0. The quantitative estimate of drug-likeness (QED) is 0.715. The van der Waals surface area contributed by atoms with Gasteiger partial charge in [0.15, 0.2) is 0 Å². The van der Waals surface area contributed by atoms with Crippen LogP contribution in [0.2, 0.25) is 0 Å². The van der Waals surface area contributed by atoms with Crippen LogP contribution in [-0.2, 0) is 25.7 Å². The Hall–Kier alpha value is -1.85. The molecule has 2 saturated heterocycles. The van der Waals surface area contributed by atoms with E-state index < -0.39 is 45.0 Å². The number of alkyl halides is 3. The number of sulfonamides is 1. The summed E-state index contributed by atoms with van der Waals surface area (Å²) in [5, 5.41) is 9.60. The molecular weight excluding hydrogens is 427 g/mol. The summed E-state index contributed by atoms with van der Waals surface area (Å²) in [5.74, 6) is -1.55. The lowest BCUT2D eigenvalue weighted by molar-refractivity contribution is -0.153. The van der Waals surface area contributed by atoms with Crippen molar-refractivity contribution < 1.29 is 41.0 Å². The van der Waals surface area contributed by atoms with Crippen LogP contribution in [0.5, 0.6) is 5.75 Å². The fourth-order valence-electron chi connectivity index (χ4n) is 3.79. The number of benzene rings is 1. The van der Waals surface area contributed by atoms with E-state index in [-0.39, 0.29) is 44.9 Å². The molecule has 30 heavy (non-hydrogen) atoms. The lowest BCUT2D eigenvalue weighted by Crippen LogP contribution is -2.49. The first-order chi connectivity index (χ1) is 14.0. The lowest BCUT2D eigenvalue weighted by atomic mass is 9.82. The van der Waals surface area contributed by atoms with Gasteiger partial charge in [-0.25, -0.2) is 12.7 Å². The summed E-state index contributed by atoms with van der Waals surface area (Å²) < 4.78 is 76.2. The Bertz CT molecular complexity index is 859. The SMILES string of the molecule is O=C(O)C1(CS(=O)(=O)N2CCC(Oc3cccc(C(F)(F)F)c3)CC2)CCOCC1. The van der Waals surface area contributed by atoms with Crippen molar-refractivity contribution in [3.63, 3.8) is 0 Å². The molecule has 2 aliphatic rings. The van der Waals surface area contributed by atoms with Gasteiger partial charge in [-0.15, -0.1) is 0 Å². The average molecular weight is 451 g/mol. The normalized spacial score (nSPS) is 21.3. The first-order valence-corrected chi connectivity index (χ1v) is 11.3. The van der Waals surface area contributed by atoms with Crippen LogP contribution in [0.25, 0.3) is 0 Å². The molecule has 0 spiro atoms. The largest absolute Gasteiger partial charge is 0.490 e. The molecule has 168 valence electrons. The van der Waals surface area contributed by atoms with Crippen molar-refractivity contribution in [1.29, 1.82) is 0 Å². The predicted molar refractivity (Wildman–Crippen MR) is 101 cm³/mol. The van der Waals surface area contributed by atoms with E-state index in [0.717, 1.165) is 12.1 Å². The molecule has 0 aromatic heterocycles. The van der Waals surface area contributed by atoms with E-state index in [1.54, 1.807) is 0 Å². The number of carboxylic acid groups (broad SMARTS) is 1. The van der Waals surface area contributed by atoms with Crippen molar-refractivity contribution in [1.82, 2.24) is 4.31 Å². The van der Waals surface area contributed by atoms with Gasteiger partial charge in [-0.05, 0) is 43.9 Å². The number of ether oxygens (including phenoxy) is 2. The summed E-state index contributed by atoms with van der Waals surface area (Å²) in [6.45, 7) is 0.653. The van der Waals surface area contributed by atoms with Gasteiger partial charge in [-0.3, -0.25) is 4.79 Å². The van der Waals surface area contributed by atoms with Crippen molar-refractivity contribution in [3.05, 3.63) is 29.8 Å². The lowest BCUT2D eigenvalue weighted by Gasteiger charge is -2.36. The number of carbonyl (C=O) groups is 1. The van der Waals surface area contributed by atoms with E-state index in [4.69, 9.17) is 9.47 Å². The highest BCUT2D eigenvalue weighted by Gasteiger charge is 2.46. The summed E-state index contributed by atoms with van der Waals surface area (Å²) in [4.78, 5) is 11.8. The van der Waals surface area contributed by atoms with Gasteiger partial charge >= 0.3 is 12.1 Å². The van der Waals surface area contributed by atoms with E-state index in [0.29, 0.717) is 12.8 Å². The highest BCUT2D eigenvalue weighted by molar-refractivity contribution is 7.89. The molecule has 7 nitrogen and oxygen atoms in total. The number of nitrogens with zero attached hydrogens (tertiary/aromatic N) is 1. The number of piperidine rings is 1. The highest BCUT2D eigenvalue weighted by atomic mass is 32.2. The minimum atomic E-state index is -4.47. The summed E-state index contributed by atoms with van der Waals surface area (Å²) >= 11 is 0. The molecule has 1 N–H and O–H groups in total. The van der Waals surface area contributed by atoms with Crippen molar-refractivity contribution in [3.8, 4) is 5.75 Å². The third kappa shape index (κ3) is 5.25.